The number of carbonyl (C=O) groups excluding carboxylic acids is 2. The van der Waals surface area contributed by atoms with Crippen LogP contribution in [0.15, 0.2) is 36.4 Å². The fraction of sp³-hybridized carbons (Fsp3) is 0.300. The molecule has 1 atom stereocenters. The van der Waals surface area contributed by atoms with Crippen molar-refractivity contribution in [2.45, 2.75) is 40.3 Å². The normalized spacial score (nSPS) is 11.7. The van der Waals surface area contributed by atoms with E-state index in [1.165, 1.54) is 19.1 Å². The van der Waals surface area contributed by atoms with E-state index in [9.17, 15) is 14.0 Å². The molecule has 0 aliphatic heterocycles. The number of hydrogen-bond acceptors (Lipinski definition) is 3. The second-order valence-electron chi connectivity index (χ2n) is 6.17. The number of aryl methyl sites for hydroxylation is 3. The Morgan fingerprint density at radius 1 is 1.08 bits per heavy atom. The summed E-state index contributed by atoms with van der Waals surface area (Å²) in [6, 6.07) is 9.64. The molecule has 2 aromatic rings. The van der Waals surface area contributed by atoms with E-state index >= 15 is 0 Å². The Morgan fingerprint density at radius 3 is 2.20 bits per heavy atom. The average molecular weight is 343 g/mol. The first-order chi connectivity index (χ1) is 11.8. The van der Waals surface area contributed by atoms with Crippen LogP contribution in [0, 0.1) is 26.6 Å². The Labute approximate surface area is 147 Å². The van der Waals surface area contributed by atoms with E-state index in [0.717, 1.165) is 22.3 Å². The van der Waals surface area contributed by atoms with Crippen molar-refractivity contribution < 1.29 is 18.7 Å². The predicted molar refractivity (Wildman–Crippen MR) is 93.8 cm³/mol. The first-order valence-corrected chi connectivity index (χ1v) is 8.09. The first-order valence-electron chi connectivity index (χ1n) is 8.09. The predicted octanol–water partition coefficient (Wildman–Crippen LogP) is 3.61. The number of ether oxygens (including phenoxy) is 1. The lowest BCUT2D eigenvalue weighted by Gasteiger charge is -2.16. The van der Waals surface area contributed by atoms with E-state index in [4.69, 9.17) is 4.74 Å². The largest absolute Gasteiger partial charge is 0.449 e. The summed E-state index contributed by atoms with van der Waals surface area (Å²) in [5.74, 6) is -1.25. The minimum absolute atomic E-state index is 0.240. The van der Waals surface area contributed by atoms with Crippen molar-refractivity contribution in [3.63, 3.8) is 0 Å². The Balaban J connectivity index is 1.96. The number of rotatable bonds is 5. The molecule has 0 saturated heterocycles. The van der Waals surface area contributed by atoms with Crippen molar-refractivity contribution in [1.29, 1.82) is 0 Å². The number of nitrogens with one attached hydrogen (secondary N) is 1. The third-order valence-corrected chi connectivity index (χ3v) is 3.91. The van der Waals surface area contributed by atoms with E-state index in [1.807, 2.05) is 32.9 Å². The van der Waals surface area contributed by atoms with Crippen molar-refractivity contribution in [3.05, 3.63) is 70.0 Å². The van der Waals surface area contributed by atoms with Crippen LogP contribution in [-0.2, 0) is 16.1 Å². The molecule has 0 saturated carbocycles. The maximum Gasteiger partial charge on any atom is 0.339 e. The van der Waals surface area contributed by atoms with Crippen LogP contribution in [0.1, 0.15) is 39.5 Å². The Hall–Kier alpha value is -2.69. The van der Waals surface area contributed by atoms with Crippen LogP contribution in [0.2, 0.25) is 0 Å². The standard InChI is InChI=1S/C20H22FNO3/c1-12-9-13(2)18(14(3)10-12)20(24)25-15(4)19(23)22-11-16-5-7-17(21)8-6-16/h5-10,15H,11H2,1-4H3,(H,22,23). The zero-order chi connectivity index (χ0) is 18.6. The Morgan fingerprint density at radius 2 is 1.64 bits per heavy atom. The molecule has 2 rings (SSSR count). The summed E-state index contributed by atoms with van der Waals surface area (Å²) in [5.41, 5.74) is 3.96. The Kier molecular flexibility index (Phi) is 5.91. The SMILES string of the molecule is Cc1cc(C)c(C(=O)OC(C)C(=O)NCc2ccc(F)cc2)c(C)c1. The van der Waals surface area contributed by atoms with Gasteiger partial charge in [-0.2, -0.15) is 0 Å². The molecule has 4 nitrogen and oxygen atoms in total. The van der Waals surface area contributed by atoms with E-state index in [2.05, 4.69) is 5.32 Å². The molecule has 25 heavy (non-hydrogen) atoms. The third kappa shape index (κ3) is 4.89. The zero-order valence-electron chi connectivity index (χ0n) is 14.9. The highest BCUT2D eigenvalue weighted by molar-refractivity contribution is 5.94. The van der Waals surface area contributed by atoms with Gasteiger partial charge >= 0.3 is 5.97 Å². The van der Waals surface area contributed by atoms with E-state index in [1.54, 1.807) is 12.1 Å². The van der Waals surface area contributed by atoms with Gasteiger partial charge in [0.25, 0.3) is 5.91 Å². The summed E-state index contributed by atoms with van der Waals surface area (Å²) in [4.78, 5) is 24.5. The van der Waals surface area contributed by atoms with Crippen LogP contribution in [0.25, 0.3) is 0 Å². The van der Waals surface area contributed by atoms with Crippen LogP contribution < -0.4 is 5.32 Å². The molecular weight excluding hydrogens is 321 g/mol. The van der Waals surface area contributed by atoms with Gasteiger partial charge in [0.15, 0.2) is 6.10 Å². The molecule has 132 valence electrons. The van der Waals surface area contributed by atoms with Crippen LogP contribution in [0.3, 0.4) is 0 Å². The smallest absolute Gasteiger partial charge is 0.339 e. The summed E-state index contributed by atoms with van der Waals surface area (Å²) in [7, 11) is 0. The van der Waals surface area contributed by atoms with Gasteiger partial charge in [-0.25, -0.2) is 9.18 Å². The highest BCUT2D eigenvalue weighted by Crippen LogP contribution is 2.18. The summed E-state index contributed by atoms with van der Waals surface area (Å²) in [5, 5.41) is 2.67. The van der Waals surface area contributed by atoms with Crippen LogP contribution in [-0.4, -0.2) is 18.0 Å². The Bertz CT molecular complexity index is 761. The molecule has 5 heteroatoms. The monoisotopic (exact) mass is 343 g/mol. The molecule has 1 unspecified atom stereocenters. The summed E-state index contributed by atoms with van der Waals surface area (Å²) in [6.45, 7) is 7.41. The van der Waals surface area contributed by atoms with Gasteiger partial charge in [0, 0.05) is 6.54 Å². The van der Waals surface area contributed by atoms with Crippen molar-refractivity contribution in [1.82, 2.24) is 5.32 Å². The lowest BCUT2D eigenvalue weighted by atomic mass is 10.00. The van der Waals surface area contributed by atoms with Gasteiger partial charge in [-0.3, -0.25) is 4.79 Å². The molecular formula is C20H22FNO3. The number of amides is 1. The fourth-order valence-electron chi connectivity index (χ4n) is 2.71. The van der Waals surface area contributed by atoms with Gasteiger partial charge < -0.3 is 10.1 Å². The first kappa shape index (κ1) is 18.6. The topological polar surface area (TPSA) is 55.4 Å². The van der Waals surface area contributed by atoms with Gasteiger partial charge in [-0.05, 0) is 56.5 Å². The molecule has 0 fully saturated rings. The maximum atomic E-state index is 12.9. The van der Waals surface area contributed by atoms with Gasteiger partial charge in [0.1, 0.15) is 5.82 Å². The molecule has 0 aliphatic carbocycles. The van der Waals surface area contributed by atoms with E-state index in [-0.39, 0.29) is 12.4 Å². The zero-order valence-corrected chi connectivity index (χ0v) is 14.9. The van der Waals surface area contributed by atoms with E-state index in [0.29, 0.717) is 5.56 Å². The van der Waals surface area contributed by atoms with Crippen LogP contribution in [0.4, 0.5) is 4.39 Å². The number of carbonyl (C=O) groups is 2. The number of benzene rings is 2. The molecule has 0 aromatic heterocycles. The second kappa shape index (κ2) is 7.92. The summed E-state index contributed by atoms with van der Waals surface area (Å²) < 4.78 is 18.2. The van der Waals surface area contributed by atoms with Gasteiger partial charge in [-0.1, -0.05) is 29.8 Å². The van der Waals surface area contributed by atoms with Gasteiger partial charge in [0.05, 0.1) is 5.56 Å². The minimum Gasteiger partial charge on any atom is -0.449 e. The van der Waals surface area contributed by atoms with Gasteiger partial charge in [0.2, 0.25) is 0 Å². The average Bonchev–Trinajstić information content (AvgIpc) is 2.52. The molecule has 0 radical (unpaired) electrons. The van der Waals surface area contributed by atoms with Gasteiger partial charge in [-0.15, -0.1) is 0 Å². The molecule has 0 aliphatic rings. The lowest BCUT2D eigenvalue weighted by molar-refractivity contribution is -0.129. The molecule has 0 spiro atoms. The third-order valence-electron chi connectivity index (χ3n) is 3.91. The maximum absolute atomic E-state index is 12.9. The summed E-state index contributed by atoms with van der Waals surface area (Å²) in [6.07, 6.45) is -0.923. The highest BCUT2D eigenvalue weighted by Gasteiger charge is 2.21. The second-order valence-corrected chi connectivity index (χ2v) is 6.17. The molecule has 1 N–H and O–H groups in total. The molecule has 2 aromatic carbocycles. The molecule has 0 bridgehead atoms. The van der Waals surface area contributed by atoms with Crippen molar-refractivity contribution in [2.75, 3.05) is 0 Å². The molecule has 1 amide bonds. The van der Waals surface area contributed by atoms with Crippen LogP contribution in [0.5, 0.6) is 0 Å². The quantitative estimate of drug-likeness (QED) is 0.844. The number of halogens is 1. The fourth-order valence-corrected chi connectivity index (χ4v) is 2.71. The molecule has 0 heterocycles. The van der Waals surface area contributed by atoms with Crippen LogP contribution >= 0.6 is 0 Å². The highest BCUT2D eigenvalue weighted by atomic mass is 19.1. The summed E-state index contributed by atoms with van der Waals surface area (Å²) >= 11 is 0. The van der Waals surface area contributed by atoms with Crippen molar-refractivity contribution >= 4 is 11.9 Å². The van der Waals surface area contributed by atoms with Crippen molar-refractivity contribution in [3.8, 4) is 0 Å². The lowest BCUT2D eigenvalue weighted by Crippen LogP contribution is -2.35. The van der Waals surface area contributed by atoms with Crippen molar-refractivity contribution in [2.24, 2.45) is 0 Å². The number of hydrogen-bond donors (Lipinski definition) is 1. The number of esters is 1. The minimum atomic E-state index is -0.923. The van der Waals surface area contributed by atoms with E-state index < -0.39 is 18.0 Å².